The maximum Gasteiger partial charge on any atom is 0.242 e. The Morgan fingerprint density at radius 1 is 1.50 bits per heavy atom. The number of amides is 1. The van der Waals surface area contributed by atoms with E-state index in [1.807, 2.05) is 6.07 Å². The van der Waals surface area contributed by atoms with Crippen molar-refractivity contribution in [1.82, 2.24) is 10.3 Å². The number of pyridine rings is 1. The molecule has 6 heteroatoms. The highest BCUT2D eigenvalue weighted by Gasteiger charge is 2.22. The molecule has 4 nitrogen and oxygen atoms in total. The van der Waals surface area contributed by atoms with Gasteiger partial charge in [0.25, 0.3) is 0 Å². The van der Waals surface area contributed by atoms with Gasteiger partial charge in [0.15, 0.2) is 0 Å². The lowest BCUT2D eigenvalue weighted by molar-refractivity contribution is -0.123. The van der Waals surface area contributed by atoms with Crippen LogP contribution in [0.15, 0.2) is 21.2 Å². The van der Waals surface area contributed by atoms with Crippen LogP contribution in [0.1, 0.15) is 12.8 Å². The Bertz CT molecular complexity index is 411. The molecule has 1 unspecified atom stereocenters. The van der Waals surface area contributed by atoms with Crippen LogP contribution in [0, 0.1) is 0 Å². The van der Waals surface area contributed by atoms with Gasteiger partial charge in [-0.05, 0) is 50.8 Å². The van der Waals surface area contributed by atoms with Crippen LogP contribution < -0.4 is 10.6 Å². The summed E-state index contributed by atoms with van der Waals surface area (Å²) < 4.78 is 1.75. The third kappa shape index (κ3) is 2.74. The molecule has 0 aliphatic carbocycles. The van der Waals surface area contributed by atoms with Crippen LogP contribution in [0.3, 0.4) is 0 Å². The van der Waals surface area contributed by atoms with Gasteiger partial charge in [-0.3, -0.25) is 4.79 Å². The second-order valence-electron chi connectivity index (χ2n) is 3.61. The fourth-order valence-electron chi connectivity index (χ4n) is 1.60. The predicted octanol–water partition coefficient (Wildman–Crippen LogP) is 2.30. The van der Waals surface area contributed by atoms with E-state index < -0.39 is 0 Å². The van der Waals surface area contributed by atoms with Crippen LogP contribution in [0.25, 0.3) is 0 Å². The molecule has 1 amide bonds. The summed E-state index contributed by atoms with van der Waals surface area (Å²) in [5.41, 5.74) is 0. The molecule has 1 saturated heterocycles. The Labute approximate surface area is 110 Å². The first kappa shape index (κ1) is 11.9. The molecule has 16 heavy (non-hydrogen) atoms. The molecule has 1 aromatic heterocycles. The van der Waals surface area contributed by atoms with E-state index in [0.717, 1.165) is 28.3 Å². The Balaban J connectivity index is 2.10. The summed E-state index contributed by atoms with van der Waals surface area (Å²) in [6, 6.07) is 1.72. The number of nitrogens with zero attached hydrogens (tertiary/aromatic N) is 1. The SMILES string of the molecule is O=C1NCCCC1Nc1ncc(Br)cc1Br. The molecule has 0 bridgehead atoms. The quantitative estimate of drug-likeness (QED) is 0.862. The summed E-state index contributed by atoms with van der Waals surface area (Å²) in [5.74, 6) is 0.744. The number of carbonyl (C=O) groups is 1. The minimum atomic E-state index is -0.182. The molecule has 2 rings (SSSR count). The lowest BCUT2D eigenvalue weighted by Gasteiger charge is -2.23. The lowest BCUT2D eigenvalue weighted by atomic mass is 10.1. The second kappa shape index (κ2) is 5.14. The van der Waals surface area contributed by atoms with Crippen molar-refractivity contribution in [2.75, 3.05) is 11.9 Å². The monoisotopic (exact) mass is 347 g/mol. The molecule has 86 valence electrons. The maximum atomic E-state index is 11.6. The molecule has 0 saturated carbocycles. The van der Waals surface area contributed by atoms with Crippen LogP contribution in [0.5, 0.6) is 0 Å². The van der Waals surface area contributed by atoms with Crippen molar-refractivity contribution < 1.29 is 4.79 Å². The second-order valence-corrected chi connectivity index (χ2v) is 5.38. The normalized spacial score (nSPS) is 20.4. The Hall–Kier alpha value is -0.620. The summed E-state index contributed by atoms with van der Waals surface area (Å²) >= 11 is 6.74. The summed E-state index contributed by atoms with van der Waals surface area (Å²) in [4.78, 5) is 15.8. The van der Waals surface area contributed by atoms with Crippen LogP contribution in [0.2, 0.25) is 0 Å². The standard InChI is InChI=1S/C10H11Br2N3O/c11-6-4-7(12)9(14-5-6)15-8-2-1-3-13-10(8)16/h4-5,8H,1-3H2,(H,13,16)(H,14,15). The van der Waals surface area contributed by atoms with Crippen LogP contribution in [-0.4, -0.2) is 23.5 Å². The topological polar surface area (TPSA) is 54.0 Å². The van der Waals surface area contributed by atoms with Gasteiger partial charge in [0.2, 0.25) is 5.91 Å². The van der Waals surface area contributed by atoms with Gasteiger partial charge in [-0.25, -0.2) is 4.98 Å². The maximum absolute atomic E-state index is 11.6. The smallest absolute Gasteiger partial charge is 0.242 e. The van der Waals surface area contributed by atoms with Gasteiger partial charge in [0.05, 0.1) is 4.47 Å². The highest BCUT2D eigenvalue weighted by molar-refractivity contribution is 9.11. The molecule has 1 aromatic rings. The molecule has 0 aromatic carbocycles. The number of piperidine rings is 1. The number of hydrogen-bond acceptors (Lipinski definition) is 3. The first-order valence-electron chi connectivity index (χ1n) is 5.02. The highest BCUT2D eigenvalue weighted by atomic mass is 79.9. The zero-order valence-electron chi connectivity index (χ0n) is 8.46. The number of nitrogens with one attached hydrogen (secondary N) is 2. The van der Waals surface area contributed by atoms with Crippen LogP contribution in [0.4, 0.5) is 5.82 Å². The van der Waals surface area contributed by atoms with Crippen LogP contribution in [-0.2, 0) is 4.79 Å². The Morgan fingerprint density at radius 3 is 3.00 bits per heavy atom. The Kier molecular flexibility index (Phi) is 3.81. The van der Waals surface area contributed by atoms with E-state index in [1.54, 1.807) is 6.20 Å². The van der Waals surface area contributed by atoms with Crippen molar-refractivity contribution in [3.8, 4) is 0 Å². The van der Waals surface area contributed by atoms with Gasteiger partial charge in [-0.15, -0.1) is 0 Å². The zero-order chi connectivity index (χ0) is 11.5. The molecule has 1 aliphatic heterocycles. The van der Waals surface area contributed by atoms with Gasteiger partial charge >= 0.3 is 0 Å². The summed E-state index contributed by atoms with van der Waals surface area (Å²) in [5, 5.41) is 5.96. The van der Waals surface area contributed by atoms with Crippen molar-refractivity contribution >= 4 is 43.6 Å². The number of rotatable bonds is 2. The molecule has 1 atom stereocenters. The minimum Gasteiger partial charge on any atom is -0.357 e. The van der Waals surface area contributed by atoms with E-state index in [1.165, 1.54) is 0 Å². The van der Waals surface area contributed by atoms with Crippen molar-refractivity contribution in [3.63, 3.8) is 0 Å². The number of aromatic nitrogens is 1. The largest absolute Gasteiger partial charge is 0.357 e. The molecule has 0 radical (unpaired) electrons. The van der Waals surface area contributed by atoms with E-state index in [9.17, 15) is 4.79 Å². The summed E-state index contributed by atoms with van der Waals surface area (Å²) in [7, 11) is 0. The van der Waals surface area contributed by atoms with E-state index in [2.05, 4.69) is 47.5 Å². The van der Waals surface area contributed by atoms with Gasteiger partial charge in [0, 0.05) is 17.2 Å². The molecule has 1 fully saturated rings. The van der Waals surface area contributed by atoms with Crippen molar-refractivity contribution in [3.05, 3.63) is 21.2 Å². The zero-order valence-corrected chi connectivity index (χ0v) is 11.6. The molecule has 0 spiro atoms. The number of hydrogen-bond donors (Lipinski definition) is 2. The molecular formula is C10H11Br2N3O. The summed E-state index contributed by atoms with van der Waals surface area (Å²) in [6.45, 7) is 0.770. The molecular weight excluding hydrogens is 338 g/mol. The third-order valence-corrected chi connectivity index (χ3v) is 3.44. The molecule has 2 N–H and O–H groups in total. The van der Waals surface area contributed by atoms with Crippen molar-refractivity contribution in [1.29, 1.82) is 0 Å². The minimum absolute atomic E-state index is 0.0443. The van der Waals surface area contributed by atoms with E-state index in [0.29, 0.717) is 5.82 Å². The van der Waals surface area contributed by atoms with Gasteiger partial charge < -0.3 is 10.6 Å². The summed E-state index contributed by atoms with van der Waals surface area (Å²) in [6.07, 6.45) is 3.54. The first-order valence-corrected chi connectivity index (χ1v) is 6.61. The average Bonchev–Trinajstić information content (AvgIpc) is 2.25. The third-order valence-electron chi connectivity index (χ3n) is 2.40. The van der Waals surface area contributed by atoms with Crippen molar-refractivity contribution in [2.45, 2.75) is 18.9 Å². The van der Waals surface area contributed by atoms with Gasteiger partial charge in [-0.1, -0.05) is 0 Å². The van der Waals surface area contributed by atoms with Crippen molar-refractivity contribution in [2.24, 2.45) is 0 Å². The average molecular weight is 349 g/mol. The lowest BCUT2D eigenvalue weighted by Crippen LogP contribution is -2.44. The van der Waals surface area contributed by atoms with Gasteiger partial charge in [-0.2, -0.15) is 0 Å². The fraction of sp³-hybridized carbons (Fsp3) is 0.400. The van der Waals surface area contributed by atoms with Gasteiger partial charge in [0.1, 0.15) is 11.9 Å². The number of carbonyl (C=O) groups excluding carboxylic acids is 1. The Morgan fingerprint density at radius 2 is 2.31 bits per heavy atom. The molecule has 1 aliphatic rings. The number of halogens is 2. The predicted molar refractivity (Wildman–Crippen MR) is 69.3 cm³/mol. The fourth-order valence-corrected chi connectivity index (χ4v) is 2.70. The number of anilines is 1. The van der Waals surface area contributed by atoms with E-state index in [-0.39, 0.29) is 11.9 Å². The van der Waals surface area contributed by atoms with E-state index >= 15 is 0 Å². The van der Waals surface area contributed by atoms with E-state index in [4.69, 9.17) is 0 Å². The highest BCUT2D eigenvalue weighted by Crippen LogP contribution is 2.24. The molecule has 2 heterocycles. The first-order chi connectivity index (χ1) is 7.66. The van der Waals surface area contributed by atoms with Crippen LogP contribution >= 0.6 is 31.9 Å².